The van der Waals surface area contributed by atoms with Crippen LogP contribution in [0.4, 0.5) is 5.69 Å². The first-order valence-electron chi connectivity index (χ1n) is 16.3. The fourth-order valence-electron chi connectivity index (χ4n) is 7.62. The Labute approximate surface area is 284 Å². The van der Waals surface area contributed by atoms with E-state index in [4.69, 9.17) is 6.57 Å². The smallest absolute Gasteiger partial charge is 0.196 e. The van der Waals surface area contributed by atoms with Crippen molar-refractivity contribution in [2.75, 3.05) is 0 Å². The molecule has 1 heterocycles. The molecule has 0 amide bonds. The van der Waals surface area contributed by atoms with Crippen molar-refractivity contribution in [1.82, 2.24) is 4.57 Å². The minimum absolute atomic E-state index is 0.460. The third kappa shape index (κ3) is 4.35. The molecule has 0 fully saturated rings. The van der Waals surface area contributed by atoms with Gasteiger partial charge in [-0.3, -0.25) is 0 Å². The van der Waals surface area contributed by atoms with E-state index < -0.39 is 0 Å². The molecule has 226 valence electrons. The highest BCUT2D eigenvalue weighted by atomic mass is 15.0. The van der Waals surface area contributed by atoms with Crippen LogP contribution in [0.25, 0.3) is 87.3 Å². The van der Waals surface area contributed by atoms with Crippen molar-refractivity contribution in [3.63, 3.8) is 0 Å². The summed E-state index contributed by atoms with van der Waals surface area (Å²) >= 11 is 0. The summed E-state index contributed by atoms with van der Waals surface area (Å²) in [7, 11) is 0. The van der Waals surface area contributed by atoms with E-state index in [1.165, 1.54) is 10.8 Å². The van der Waals surface area contributed by atoms with Crippen LogP contribution in [-0.4, -0.2) is 4.57 Å². The highest BCUT2D eigenvalue weighted by Gasteiger charge is 2.23. The minimum atomic E-state index is 0.460. The Balaban J connectivity index is 1.34. The zero-order valence-electron chi connectivity index (χ0n) is 26.4. The lowest BCUT2D eigenvalue weighted by molar-refractivity contribution is 1.18. The van der Waals surface area contributed by atoms with Gasteiger partial charge in [-0.1, -0.05) is 140 Å². The highest BCUT2D eigenvalue weighted by Crippen LogP contribution is 2.48. The van der Waals surface area contributed by atoms with E-state index >= 15 is 0 Å². The third-order valence-electron chi connectivity index (χ3n) is 9.65. The van der Waals surface area contributed by atoms with Gasteiger partial charge >= 0.3 is 0 Å². The number of hydrogen-bond acceptors (Lipinski definition) is 1. The van der Waals surface area contributed by atoms with Crippen LogP contribution in [0.3, 0.4) is 0 Å². The summed E-state index contributed by atoms with van der Waals surface area (Å²) in [6.07, 6.45) is 0. The van der Waals surface area contributed by atoms with E-state index in [0.717, 1.165) is 66.1 Å². The van der Waals surface area contributed by atoms with Gasteiger partial charge in [-0.15, -0.1) is 0 Å². The lowest BCUT2D eigenvalue weighted by atomic mass is 9.83. The number of para-hydroxylation sites is 2. The van der Waals surface area contributed by atoms with E-state index in [1.807, 2.05) is 30.3 Å². The summed E-state index contributed by atoms with van der Waals surface area (Å²) in [6.45, 7) is 8.27. The maximum Gasteiger partial charge on any atom is 0.196 e. The highest BCUT2D eigenvalue weighted by molar-refractivity contribution is 6.23. The Morgan fingerprint density at radius 2 is 0.980 bits per heavy atom. The minimum Gasteiger partial charge on any atom is -0.309 e. The summed E-state index contributed by atoms with van der Waals surface area (Å²) in [5, 5.41) is 17.6. The zero-order chi connectivity index (χ0) is 32.9. The number of benzene rings is 8. The van der Waals surface area contributed by atoms with Crippen LogP contribution < -0.4 is 0 Å². The van der Waals surface area contributed by atoms with E-state index in [0.29, 0.717) is 16.8 Å². The molecule has 0 saturated heterocycles. The molecule has 0 unspecified atom stereocenters. The molecule has 0 aliphatic rings. The molecular weight excluding hydrogens is 595 g/mol. The van der Waals surface area contributed by atoms with Crippen molar-refractivity contribution in [2.24, 2.45) is 0 Å². The molecule has 0 N–H and O–H groups in total. The topological polar surface area (TPSA) is 33.1 Å². The van der Waals surface area contributed by atoms with Gasteiger partial charge in [0.2, 0.25) is 0 Å². The summed E-state index contributed by atoms with van der Waals surface area (Å²) in [5.41, 5.74) is 9.80. The van der Waals surface area contributed by atoms with Gasteiger partial charge in [0.15, 0.2) is 5.69 Å². The largest absolute Gasteiger partial charge is 0.309 e. The maximum atomic E-state index is 11.0. The molecule has 0 bridgehead atoms. The molecule has 0 aliphatic carbocycles. The average molecular weight is 622 g/mol. The molecule has 0 atom stereocenters. The lowest BCUT2D eigenvalue weighted by Gasteiger charge is -2.20. The second-order valence-corrected chi connectivity index (χ2v) is 12.2. The summed E-state index contributed by atoms with van der Waals surface area (Å²) < 4.78 is 2.29. The standard InChI is InChI=1S/C46H27N3/c1-48-41-27-26-33(31-16-13-17-32(28-31)49-42-24-11-9-18-34(42)35-19-10-12-25-43(35)49)40(29-47)46(41)45-38-22-7-5-20-36(38)44(30-14-3-2-4-15-30)37-21-6-8-23-39(37)45/h2-28H. The third-order valence-corrected chi connectivity index (χ3v) is 9.65. The molecule has 0 radical (unpaired) electrons. The molecule has 9 rings (SSSR count). The van der Waals surface area contributed by atoms with Gasteiger partial charge in [-0.05, 0) is 73.6 Å². The van der Waals surface area contributed by atoms with Crippen LogP contribution in [0.1, 0.15) is 5.56 Å². The number of nitrogens with zero attached hydrogens (tertiary/aromatic N) is 3. The van der Waals surface area contributed by atoms with Crippen LogP contribution in [0.2, 0.25) is 0 Å². The van der Waals surface area contributed by atoms with Gasteiger partial charge < -0.3 is 4.57 Å². The summed E-state index contributed by atoms with van der Waals surface area (Å²) in [4.78, 5) is 4.01. The van der Waals surface area contributed by atoms with Gasteiger partial charge in [0.05, 0.1) is 29.2 Å². The molecule has 1 aromatic heterocycles. The Kier molecular flexibility index (Phi) is 6.58. The number of rotatable bonds is 4. The average Bonchev–Trinajstić information content (AvgIpc) is 3.51. The fraction of sp³-hybridized carbons (Fsp3) is 0. The number of aromatic nitrogens is 1. The number of fused-ring (bicyclic) bond motifs is 5. The van der Waals surface area contributed by atoms with Crippen LogP contribution >= 0.6 is 0 Å². The van der Waals surface area contributed by atoms with Crippen molar-refractivity contribution < 1.29 is 0 Å². The quantitative estimate of drug-likeness (QED) is 0.142. The van der Waals surface area contributed by atoms with Crippen molar-refractivity contribution >= 4 is 49.0 Å². The van der Waals surface area contributed by atoms with Crippen LogP contribution in [-0.2, 0) is 0 Å². The number of hydrogen-bond donors (Lipinski definition) is 0. The molecule has 3 nitrogen and oxygen atoms in total. The van der Waals surface area contributed by atoms with Crippen LogP contribution in [0.15, 0.2) is 164 Å². The van der Waals surface area contributed by atoms with Crippen molar-refractivity contribution in [3.8, 4) is 45.1 Å². The van der Waals surface area contributed by atoms with Gasteiger partial charge in [0, 0.05) is 22.0 Å². The SMILES string of the molecule is [C-]#[N+]c1ccc(-c2cccc(-n3c4ccccc4c4ccccc43)c2)c(C#N)c1-c1c2ccccc2c(-c2ccccc2)c2ccccc12. The summed E-state index contributed by atoms with van der Waals surface area (Å²) in [5.74, 6) is 0. The van der Waals surface area contributed by atoms with Crippen molar-refractivity contribution in [1.29, 1.82) is 5.26 Å². The second-order valence-electron chi connectivity index (χ2n) is 12.2. The normalized spacial score (nSPS) is 11.2. The Bertz CT molecular complexity index is 2740. The van der Waals surface area contributed by atoms with Gasteiger partial charge in [0.1, 0.15) is 0 Å². The van der Waals surface area contributed by atoms with Crippen LogP contribution in [0.5, 0.6) is 0 Å². The molecule has 0 aliphatic heterocycles. The second kappa shape index (κ2) is 11.4. The van der Waals surface area contributed by atoms with E-state index in [2.05, 4.69) is 149 Å². The predicted molar refractivity (Wildman–Crippen MR) is 203 cm³/mol. The van der Waals surface area contributed by atoms with E-state index in [1.54, 1.807) is 0 Å². The molecule has 8 aromatic carbocycles. The predicted octanol–water partition coefficient (Wildman–Crippen LogP) is 12.5. The van der Waals surface area contributed by atoms with Crippen molar-refractivity contribution in [3.05, 3.63) is 181 Å². The fourth-order valence-corrected chi connectivity index (χ4v) is 7.62. The van der Waals surface area contributed by atoms with E-state index in [9.17, 15) is 5.26 Å². The zero-order valence-corrected chi connectivity index (χ0v) is 26.4. The van der Waals surface area contributed by atoms with Gasteiger partial charge in [-0.2, -0.15) is 5.26 Å². The first kappa shape index (κ1) is 28.3. The number of nitriles is 1. The summed E-state index contributed by atoms with van der Waals surface area (Å²) in [6, 6.07) is 58.9. The monoisotopic (exact) mass is 621 g/mol. The lowest BCUT2D eigenvalue weighted by Crippen LogP contribution is -1.97. The Hall–Kier alpha value is -6.94. The molecule has 0 saturated carbocycles. The maximum absolute atomic E-state index is 11.0. The molecule has 9 aromatic rings. The van der Waals surface area contributed by atoms with Gasteiger partial charge in [-0.25, -0.2) is 4.85 Å². The molecule has 0 spiro atoms. The first-order valence-corrected chi connectivity index (χ1v) is 16.3. The molecule has 49 heavy (non-hydrogen) atoms. The van der Waals surface area contributed by atoms with Crippen LogP contribution in [0, 0.1) is 17.9 Å². The molecule has 3 heteroatoms. The Morgan fingerprint density at radius 1 is 0.469 bits per heavy atom. The van der Waals surface area contributed by atoms with E-state index in [-0.39, 0.29) is 0 Å². The van der Waals surface area contributed by atoms with Crippen molar-refractivity contribution in [2.45, 2.75) is 0 Å². The first-order chi connectivity index (χ1) is 24.3. The van der Waals surface area contributed by atoms with Gasteiger partial charge in [0.25, 0.3) is 0 Å². The Morgan fingerprint density at radius 3 is 1.55 bits per heavy atom. The molecular formula is C46H27N3.